The van der Waals surface area contributed by atoms with E-state index in [2.05, 4.69) is 15.7 Å². The quantitative estimate of drug-likeness (QED) is 0.826. The topological polar surface area (TPSA) is 68.2 Å². The Morgan fingerprint density at radius 3 is 3.21 bits per heavy atom. The number of amides is 2. The van der Waals surface area contributed by atoms with E-state index in [1.807, 2.05) is 17.9 Å². The van der Waals surface area contributed by atoms with Gasteiger partial charge in [-0.15, -0.1) is 0 Å². The minimum atomic E-state index is -0.345. The molecule has 0 radical (unpaired) electrons. The summed E-state index contributed by atoms with van der Waals surface area (Å²) in [5.74, 6) is 0.104. The van der Waals surface area contributed by atoms with Crippen molar-refractivity contribution >= 4 is 6.03 Å². The van der Waals surface area contributed by atoms with Gasteiger partial charge in [0, 0.05) is 24.4 Å². The number of nitrogens with zero attached hydrogens (tertiary/aromatic N) is 2. The van der Waals surface area contributed by atoms with Crippen LogP contribution >= 0.6 is 0 Å². The summed E-state index contributed by atoms with van der Waals surface area (Å²) in [4.78, 5) is 12.0. The maximum absolute atomic E-state index is 13.0. The van der Waals surface area contributed by atoms with E-state index in [4.69, 9.17) is 4.74 Å². The van der Waals surface area contributed by atoms with Crippen LogP contribution in [0.15, 0.2) is 30.5 Å². The summed E-state index contributed by atoms with van der Waals surface area (Å²) in [7, 11) is 1.92. The summed E-state index contributed by atoms with van der Waals surface area (Å²) in [5.41, 5.74) is 2.27. The molecule has 3 rings (SSSR count). The van der Waals surface area contributed by atoms with E-state index in [-0.39, 0.29) is 24.5 Å². The van der Waals surface area contributed by atoms with Crippen molar-refractivity contribution in [2.75, 3.05) is 13.2 Å². The van der Waals surface area contributed by atoms with Crippen LogP contribution in [0.25, 0.3) is 0 Å². The molecule has 24 heavy (non-hydrogen) atoms. The number of carbonyl (C=O) groups is 1. The van der Waals surface area contributed by atoms with E-state index in [1.54, 1.807) is 12.1 Å². The predicted molar refractivity (Wildman–Crippen MR) is 87.3 cm³/mol. The Morgan fingerprint density at radius 1 is 1.50 bits per heavy atom. The normalized spacial score (nSPS) is 16.3. The second kappa shape index (κ2) is 7.33. The molecule has 0 bridgehead atoms. The molecule has 0 fully saturated rings. The Morgan fingerprint density at radius 2 is 2.38 bits per heavy atom. The average molecular weight is 332 g/mol. The highest BCUT2D eigenvalue weighted by Crippen LogP contribution is 2.28. The monoisotopic (exact) mass is 332 g/mol. The highest BCUT2D eigenvalue weighted by molar-refractivity contribution is 5.74. The van der Waals surface area contributed by atoms with Crippen LogP contribution in [0.5, 0.6) is 5.75 Å². The summed E-state index contributed by atoms with van der Waals surface area (Å²) in [6.45, 7) is 0.620. The third-order valence-electron chi connectivity index (χ3n) is 4.13. The summed E-state index contributed by atoms with van der Waals surface area (Å²) in [6, 6.07) is 5.68. The number of benzene rings is 1. The molecule has 1 aromatic heterocycles. The average Bonchev–Trinajstić information content (AvgIpc) is 2.94. The van der Waals surface area contributed by atoms with Crippen molar-refractivity contribution < 1.29 is 13.9 Å². The van der Waals surface area contributed by atoms with Gasteiger partial charge < -0.3 is 15.4 Å². The summed E-state index contributed by atoms with van der Waals surface area (Å²) >= 11 is 0. The fourth-order valence-corrected chi connectivity index (χ4v) is 2.96. The van der Waals surface area contributed by atoms with E-state index in [0.717, 1.165) is 24.8 Å². The molecule has 128 valence electrons. The van der Waals surface area contributed by atoms with Crippen LogP contribution in [0.1, 0.15) is 30.1 Å². The van der Waals surface area contributed by atoms with Crippen LogP contribution in [0.4, 0.5) is 9.18 Å². The van der Waals surface area contributed by atoms with Crippen LogP contribution in [-0.2, 0) is 13.5 Å². The van der Waals surface area contributed by atoms with E-state index < -0.39 is 0 Å². The lowest BCUT2D eigenvalue weighted by molar-refractivity contribution is 0.231. The molecule has 0 spiro atoms. The third-order valence-corrected chi connectivity index (χ3v) is 4.13. The lowest BCUT2D eigenvalue weighted by Crippen LogP contribution is -2.40. The molecule has 7 heteroatoms. The molecule has 1 aliphatic rings. The lowest BCUT2D eigenvalue weighted by atomic mass is 9.93. The largest absolute Gasteiger partial charge is 0.492 e. The predicted octanol–water partition coefficient (Wildman–Crippen LogP) is 2.31. The maximum atomic E-state index is 13.0. The smallest absolute Gasteiger partial charge is 0.315 e. The Kier molecular flexibility index (Phi) is 4.98. The van der Waals surface area contributed by atoms with Gasteiger partial charge in [0.1, 0.15) is 18.2 Å². The van der Waals surface area contributed by atoms with Crippen molar-refractivity contribution in [1.82, 2.24) is 20.4 Å². The Bertz CT molecular complexity index is 716. The zero-order valence-corrected chi connectivity index (χ0v) is 13.6. The zero-order valence-electron chi connectivity index (χ0n) is 13.6. The van der Waals surface area contributed by atoms with Crippen molar-refractivity contribution in [1.29, 1.82) is 0 Å². The molecule has 1 atom stereocenters. The van der Waals surface area contributed by atoms with Crippen molar-refractivity contribution in [2.45, 2.75) is 25.3 Å². The Labute approximate surface area is 140 Å². The number of nitrogens with one attached hydrogen (secondary N) is 2. The third kappa shape index (κ3) is 3.84. The molecule has 1 aliphatic carbocycles. The minimum Gasteiger partial charge on any atom is -0.492 e. The molecule has 2 amide bonds. The highest BCUT2D eigenvalue weighted by Gasteiger charge is 2.24. The first-order valence-corrected chi connectivity index (χ1v) is 8.07. The van der Waals surface area contributed by atoms with Gasteiger partial charge in [-0.05, 0) is 31.4 Å². The number of urea groups is 1. The molecule has 2 N–H and O–H groups in total. The van der Waals surface area contributed by atoms with Gasteiger partial charge in [-0.25, -0.2) is 9.18 Å². The van der Waals surface area contributed by atoms with Crippen LogP contribution in [-0.4, -0.2) is 29.0 Å². The van der Waals surface area contributed by atoms with Crippen LogP contribution < -0.4 is 15.4 Å². The van der Waals surface area contributed by atoms with Gasteiger partial charge in [0.25, 0.3) is 0 Å². The lowest BCUT2D eigenvalue weighted by Gasteiger charge is -2.23. The van der Waals surface area contributed by atoms with E-state index in [9.17, 15) is 9.18 Å². The summed E-state index contributed by atoms with van der Waals surface area (Å²) in [6.07, 6.45) is 4.76. The fourth-order valence-electron chi connectivity index (χ4n) is 2.96. The SMILES string of the molecule is Cn1ncc2c1CCC[C@H]2NC(=O)NCCOc1cccc(F)c1. The molecule has 2 aromatic rings. The maximum Gasteiger partial charge on any atom is 0.315 e. The molecule has 0 aliphatic heterocycles. The molecule has 0 unspecified atom stereocenters. The van der Waals surface area contributed by atoms with Gasteiger partial charge in [-0.1, -0.05) is 6.07 Å². The van der Waals surface area contributed by atoms with Crippen LogP contribution in [0.2, 0.25) is 0 Å². The van der Waals surface area contributed by atoms with Gasteiger partial charge in [0.05, 0.1) is 18.8 Å². The molecule has 6 nitrogen and oxygen atoms in total. The number of hydrogen-bond donors (Lipinski definition) is 2. The fraction of sp³-hybridized carbons (Fsp3) is 0.412. The number of fused-ring (bicyclic) bond motifs is 1. The van der Waals surface area contributed by atoms with E-state index in [0.29, 0.717) is 12.3 Å². The van der Waals surface area contributed by atoms with Crippen molar-refractivity contribution in [3.05, 3.63) is 47.5 Å². The van der Waals surface area contributed by atoms with E-state index in [1.165, 1.54) is 17.8 Å². The number of hydrogen-bond acceptors (Lipinski definition) is 3. The van der Waals surface area contributed by atoms with Crippen LogP contribution in [0, 0.1) is 5.82 Å². The van der Waals surface area contributed by atoms with Crippen LogP contribution in [0.3, 0.4) is 0 Å². The van der Waals surface area contributed by atoms with Gasteiger partial charge in [0.2, 0.25) is 0 Å². The van der Waals surface area contributed by atoms with Crippen molar-refractivity contribution in [2.24, 2.45) is 7.05 Å². The molecule has 1 aromatic carbocycles. The minimum absolute atomic E-state index is 0.00779. The molecular weight excluding hydrogens is 311 g/mol. The van der Waals surface area contributed by atoms with Gasteiger partial charge >= 0.3 is 6.03 Å². The van der Waals surface area contributed by atoms with E-state index >= 15 is 0 Å². The summed E-state index contributed by atoms with van der Waals surface area (Å²) < 4.78 is 20.3. The standard InChI is InChI=1S/C17H21FN4O2/c1-22-16-7-3-6-15(14(16)11-20-22)21-17(23)19-8-9-24-13-5-2-4-12(18)10-13/h2,4-5,10-11,15H,3,6-9H2,1H3,(H2,19,21,23)/t15-/m1/s1. The van der Waals surface area contributed by atoms with Gasteiger partial charge in [-0.2, -0.15) is 5.10 Å². The molecule has 1 heterocycles. The summed E-state index contributed by atoms with van der Waals surface area (Å²) in [5, 5.41) is 10.00. The number of ether oxygens (including phenoxy) is 1. The number of carbonyl (C=O) groups excluding carboxylic acids is 1. The second-order valence-corrected chi connectivity index (χ2v) is 5.82. The zero-order chi connectivity index (χ0) is 16.9. The number of aryl methyl sites for hydroxylation is 1. The number of halogens is 1. The number of rotatable bonds is 5. The number of aromatic nitrogens is 2. The molecule has 0 saturated carbocycles. The highest BCUT2D eigenvalue weighted by atomic mass is 19.1. The molecule has 0 saturated heterocycles. The second-order valence-electron chi connectivity index (χ2n) is 5.82. The first kappa shape index (κ1) is 16.3. The Hall–Kier alpha value is -2.57. The van der Waals surface area contributed by atoms with Crippen molar-refractivity contribution in [3.8, 4) is 5.75 Å². The molecular formula is C17H21FN4O2. The first-order chi connectivity index (χ1) is 11.6. The van der Waals surface area contributed by atoms with Gasteiger partial charge in [0.15, 0.2) is 0 Å². The van der Waals surface area contributed by atoms with Gasteiger partial charge in [-0.3, -0.25) is 4.68 Å². The Balaban J connectivity index is 1.43. The van der Waals surface area contributed by atoms with Crippen molar-refractivity contribution in [3.63, 3.8) is 0 Å². The first-order valence-electron chi connectivity index (χ1n) is 8.07.